The first kappa shape index (κ1) is 31.9. The molecule has 0 saturated heterocycles. The number of carbonyl (C=O) groups is 2. The molecule has 0 bridgehead atoms. The van der Waals surface area contributed by atoms with Gasteiger partial charge in [-0.3, -0.25) is 9.59 Å². The van der Waals surface area contributed by atoms with Gasteiger partial charge in [0.25, 0.3) is 0 Å². The first-order valence-corrected chi connectivity index (χ1v) is 14.6. The number of unbranched alkanes of at least 4 members (excludes halogenated alkanes) is 15. The summed E-state index contributed by atoms with van der Waals surface area (Å²) in [5, 5.41) is 0. The third-order valence-electron chi connectivity index (χ3n) is 6.45. The Morgan fingerprint density at radius 1 is 0.515 bits per heavy atom. The second kappa shape index (κ2) is 25.6. The van der Waals surface area contributed by atoms with Gasteiger partial charge in [0, 0.05) is 25.9 Å². The Bertz CT molecular complexity index is 425. The maximum Gasteiger partial charge on any atom is 0.305 e. The van der Waals surface area contributed by atoms with Crippen LogP contribution in [0.5, 0.6) is 0 Å². The molecule has 0 spiro atoms. The molecule has 0 aliphatic carbocycles. The van der Waals surface area contributed by atoms with Crippen molar-refractivity contribution in [2.24, 2.45) is 0 Å². The SMILES string of the molecule is CCCCCCCCCOC(=O)CCCCC(=O)N(CCCCCCC)CCCCCCC. The molecule has 0 unspecified atom stereocenters. The van der Waals surface area contributed by atoms with Gasteiger partial charge in [-0.05, 0) is 32.1 Å². The van der Waals surface area contributed by atoms with Gasteiger partial charge in [0.1, 0.15) is 0 Å². The molecule has 0 fully saturated rings. The molecule has 0 aliphatic heterocycles. The summed E-state index contributed by atoms with van der Waals surface area (Å²) < 4.78 is 5.36. The maximum absolute atomic E-state index is 12.8. The largest absolute Gasteiger partial charge is 0.466 e. The Hall–Kier alpha value is -1.06. The van der Waals surface area contributed by atoms with Crippen molar-refractivity contribution in [1.82, 2.24) is 4.90 Å². The fourth-order valence-corrected chi connectivity index (χ4v) is 4.19. The van der Waals surface area contributed by atoms with Crippen molar-refractivity contribution in [3.05, 3.63) is 0 Å². The Labute approximate surface area is 206 Å². The average Bonchev–Trinajstić information content (AvgIpc) is 2.81. The van der Waals surface area contributed by atoms with Crippen LogP contribution >= 0.6 is 0 Å². The Kier molecular flexibility index (Phi) is 24.7. The van der Waals surface area contributed by atoms with Crippen LogP contribution in [-0.4, -0.2) is 36.5 Å². The molecule has 1 amide bonds. The minimum atomic E-state index is -0.0999. The molecule has 0 aromatic carbocycles. The zero-order valence-corrected chi connectivity index (χ0v) is 22.6. The maximum atomic E-state index is 12.8. The number of hydrogen-bond acceptors (Lipinski definition) is 3. The fourth-order valence-electron chi connectivity index (χ4n) is 4.19. The molecule has 4 nitrogen and oxygen atoms in total. The lowest BCUT2D eigenvalue weighted by atomic mass is 10.1. The van der Waals surface area contributed by atoms with Gasteiger partial charge in [0.15, 0.2) is 0 Å². The van der Waals surface area contributed by atoms with Gasteiger partial charge in [-0.2, -0.15) is 0 Å². The number of rotatable bonds is 25. The minimum absolute atomic E-state index is 0.0999. The van der Waals surface area contributed by atoms with Crippen LogP contribution in [0.15, 0.2) is 0 Å². The summed E-state index contributed by atoms with van der Waals surface area (Å²) in [5.74, 6) is 0.176. The van der Waals surface area contributed by atoms with E-state index in [2.05, 4.69) is 25.7 Å². The lowest BCUT2D eigenvalue weighted by Gasteiger charge is -2.23. The monoisotopic (exact) mass is 467 g/mol. The quantitative estimate of drug-likeness (QED) is 0.0997. The number of hydrogen-bond donors (Lipinski definition) is 0. The molecular weight excluding hydrogens is 410 g/mol. The van der Waals surface area contributed by atoms with Crippen molar-refractivity contribution in [2.45, 2.75) is 156 Å². The molecule has 196 valence electrons. The number of nitrogens with zero attached hydrogens (tertiary/aromatic N) is 1. The molecule has 0 heterocycles. The van der Waals surface area contributed by atoms with Crippen LogP contribution in [-0.2, 0) is 14.3 Å². The van der Waals surface area contributed by atoms with E-state index in [1.165, 1.54) is 83.5 Å². The Morgan fingerprint density at radius 2 is 0.939 bits per heavy atom. The summed E-state index contributed by atoms with van der Waals surface area (Å²) in [4.78, 5) is 26.8. The van der Waals surface area contributed by atoms with Crippen LogP contribution in [0.3, 0.4) is 0 Å². The van der Waals surface area contributed by atoms with Crippen LogP contribution in [0, 0.1) is 0 Å². The van der Waals surface area contributed by atoms with Gasteiger partial charge < -0.3 is 9.64 Å². The van der Waals surface area contributed by atoms with Crippen molar-refractivity contribution >= 4 is 11.9 Å². The minimum Gasteiger partial charge on any atom is -0.466 e. The first-order valence-electron chi connectivity index (χ1n) is 14.6. The highest BCUT2D eigenvalue weighted by Gasteiger charge is 2.13. The zero-order valence-electron chi connectivity index (χ0n) is 22.6. The standard InChI is InChI=1S/C29H57NO3/c1-4-7-10-13-14-17-22-27-33-29(32)24-19-18-23-28(31)30(25-20-15-11-8-5-2)26-21-16-12-9-6-3/h4-27H2,1-3H3. The van der Waals surface area contributed by atoms with E-state index < -0.39 is 0 Å². The summed E-state index contributed by atoms with van der Waals surface area (Å²) in [6.45, 7) is 9.05. The highest BCUT2D eigenvalue weighted by atomic mass is 16.5. The third-order valence-corrected chi connectivity index (χ3v) is 6.45. The van der Waals surface area contributed by atoms with Crippen molar-refractivity contribution in [3.8, 4) is 0 Å². The molecule has 0 aromatic rings. The zero-order chi connectivity index (χ0) is 24.4. The second-order valence-electron chi connectivity index (χ2n) is 9.76. The number of esters is 1. The van der Waals surface area contributed by atoms with Gasteiger partial charge in [-0.1, -0.05) is 111 Å². The average molecular weight is 468 g/mol. The summed E-state index contributed by atoms with van der Waals surface area (Å²) in [6, 6.07) is 0. The Morgan fingerprint density at radius 3 is 1.45 bits per heavy atom. The summed E-state index contributed by atoms with van der Waals surface area (Å²) in [6.07, 6.45) is 23.4. The summed E-state index contributed by atoms with van der Waals surface area (Å²) in [5.41, 5.74) is 0. The van der Waals surface area contributed by atoms with Crippen LogP contribution in [0.4, 0.5) is 0 Å². The van der Waals surface area contributed by atoms with Gasteiger partial charge in [0.05, 0.1) is 6.61 Å². The highest BCUT2D eigenvalue weighted by molar-refractivity contribution is 5.76. The molecule has 0 saturated carbocycles. The first-order chi connectivity index (χ1) is 16.2. The van der Waals surface area contributed by atoms with Crippen LogP contribution in [0.25, 0.3) is 0 Å². The van der Waals surface area contributed by atoms with Gasteiger partial charge in [-0.25, -0.2) is 0 Å². The third kappa shape index (κ3) is 22.5. The lowest BCUT2D eigenvalue weighted by molar-refractivity contribution is -0.144. The van der Waals surface area contributed by atoms with E-state index in [1.807, 2.05) is 0 Å². The molecule has 0 rings (SSSR count). The number of carbonyl (C=O) groups excluding carboxylic acids is 2. The molecule has 0 aliphatic rings. The molecular formula is C29H57NO3. The van der Waals surface area contributed by atoms with Crippen LogP contribution < -0.4 is 0 Å². The lowest BCUT2D eigenvalue weighted by Crippen LogP contribution is -2.32. The second-order valence-corrected chi connectivity index (χ2v) is 9.76. The Balaban J connectivity index is 3.95. The van der Waals surface area contributed by atoms with Crippen LogP contribution in [0.1, 0.15) is 156 Å². The van der Waals surface area contributed by atoms with Crippen molar-refractivity contribution in [3.63, 3.8) is 0 Å². The normalized spacial score (nSPS) is 11.0. The van der Waals surface area contributed by atoms with E-state index >= 15 is 0 Å². The van der Waals surface area contributed by atoms with E-state index in [0.717, 1.165) is 51.6 Å². The highest BCUT2D eigenvalue weighted by Crippen LogP contribution is 2.11. The smallest absolute Gasteiger partial charge is 0.305 e. The number of amides is 1. The summed E-state index contributed by atoms with van der Waals surface area (Å²) >= 11 is 0. The predicted octanol–water partition coefficient (Wildman–Crippen LogP) is 8.61. The van der Waals surface area contributed by atoms with E-state index in [0.29, 0.717) is 19.4 Å². The molecule has 33 heavy (non-hydrogen) atoms. The molecule has 0 atom stereocenters. The van der Waals surface area contributed by atoms with E-state index in [1.54, 1.807) is 0 Å². The number of ether oxygens (including phenoxy) is 1. The van der Waals surface area contributed by atoms with E-state index in [-0.39, 0.29) is 11.9 Å². The summed E-state index contributed by atoms with van der Waals surface area (Å²) in [7, 11) is 0. The van der Waals surface area contributed by atoms with E-state index in [9.17, 15) is 9.59 Å². The van der Waals surface area contributed by atoms with Gasteiger partial charge in [-0.15, -0.1) is 0 Å². The molecule has 0 aromatic heterocycles. The predicted molar refractivity (Wildman–Crippen MR) is 142 cm³/mol. The van der Waals surface area contributed by atoms with E-state index in [4.69, 9.17) is 4.74 Å². The molecule has 0 N–H and O–H groups in total. The van der Waals surface area contributed by atoms with Gasteiger partial charge >= 0.3 is 5.97 Å². The van der Waals surface area contributed by atoms with Crippen molar-refractivity contribution in [2.75, 3.05) is 19.7 Å². The van der Waals surface area contributed by atoms with Crippen LogP contribution in [0.2, 0.25) is 0 Å². The topological polar surface area (TPSA) is 46.6 Å². The fraction of sp³-hybridized carbons (Fsp3) is 0.931. The van der Waals surface area contributed by atoms with Crippen molar-refractivity contribution < 1.29 is 14.3 Å². The van der Waals surface area contributed by atoms with Crippen molar-refractivity contribution in [1.29, 1.82) is 0 Å². The molecule has 4 heteroatoms. The molecule has 0 radical (unpaired) electrons. The van der Waals surface area contributed by atoms with Gasteiger partial charge in [0.2, 0.25) is 5.91 Å².